The normalized spacial score (nSPS) is 16.4. The van der Waals surface area contributed by atoms with Crippen molar-refractivity contribution in [3.05, 3.63) is 50.1 Å². The summed E-state index contributed by atoms with van der Waals surface area (Å²) < 4.78 is 2.89. The van der Waals surface area contributed by atoms with Crippen LogP contribution in [0.3, 0.4) is 0 Å². The van der Waals surface area contributed by atoms with Gasteiger partial charge in [-0.25, -0.2) is 4.98 Å². The van der Waals surface area contributed by atoms with E-state index in [9.17, 15) is 4.79 Å². The fourth-order valence-corrected chi connectivity index (χ4v) is 6.44. The minimum Gasteiger partial charge on any atom is -0.325 e. The molecule has 29 heavy (non-hydrogen) atoms. The molecule has 1 aliphatic rings. The van der Waals surface area contributed by atoms with Gasteiger partial charge in [0.2, 0.25) is 0 Å². The molecule has 0 aliphatic carbocycles. The summed E-state index contributed by atoms with van der Waals surface area (Å²) >= 11 is 9.38. The Bertz CT molecular complexity index is 1080. The van der Waals surface area contributed by atoms with Gasteiger partial charge >= 0.3 is 0 Å². The monoisotopic (exact) mass is 448 g/mol. The lowest BCUT2D eigenvalue weighted by molar-refractivity contribution is -0.911. The first kappa shape index (κ1) is 20.9. The molecule has 154 valence electrons. The van der Waals surface area contributed by atoms with E-state index in [1.807, 2.05) is 31.2 Å². The van der Waals surface area contributed by atoms with Gasteiger partial charge in [0.05, 0.1) is 43.5 Å². The van der Waals surface area contributed by atoms with Crippen LogP contribution < -0.4 is 5.56 Å². The zero-order chi connectivity index (χ0) is 20.6. The van der Waals surface area contributed by atoms with Gasteiger partial charge in [-0.15, -0.1) is 11.3 Å². The van der Waals surface area contributed by atoms with Crippen molar-refractivity contribution in [2.24, 2.45) is 0 Å². The minimum atomic E-state index is 0.0139. The summed E-state index contributed by atoms with van der Waals surface area (Å²) in [6, 6.07) is 7.45. The van der Waals surface area contributed by atoms with Gasteiger partial charge in [-0.3, -0.25) is 9.36 Å². The van der Waals surface area contributed by atoms with Crippen LogP contribution in [0.5, 0.6) is 0 Å². The van der Waals surface area contributed by atoms with Crippen LogP contribution in [0.2, 0.25) is 5.02 Å². The van der Waals surface area contributed by atoms with Gasteiger partial charge in [-0.05, 0) is 62.9 Å². The van der Waals surface area contributed by atoms with Gasteiger partial charge in [0.1, 0.15) is 4.83 Å². The number of hydrogen-bond donors (Lipinski definition) is 0. The molecular formula is C22H27ClN3OS2+. The number of aromatic nitrogens is 2. The number of rotatable bonds is 5. The number of likely N-dealkylation sites (tertiary alicyclic amines) is 1. The molecule has 0 radical (unpaired) electrons. The van der Waals surface area contributed by atoms with E-state index >= 15 is 0 Å². The van der Waals surface area contributed by atoms with Crippen LogP contribution >= 0.6 is 34.7 Å². The number of piperidine rings is 1. The Morgan fingerprint density at radius 3 is 2.55 bits per heavy atom. The Morgan fingerprint density at radius 2 is 1.86 bits per heavy atom. The summed E-state index contributed by atoms with van der Waals surface area (Å²) in [7, 11) is 2.36. The molecule has 0 amide bonds. The number of fused-ring (bicyclic) bond motifs is 1. The number of halogens is 1. The van der Waals surface area contributed by atoms with Gasteiger partial charge in [0.15, 0.2) is 5.16 Å². The van der Waals surface area contributed by atoms with Gasteiger partial charge in [0, 0.05) is 9.90 Å². The molecule has 4 rings (SSSR count). The fraction of sp³-hybridized carbons (Fsp3) is 0.455. The third kappa shape index (κ3) is 4.26. The standard InChI is InChI=1S/C22H27ClN3OS2/c1-15-16(2)29-20-19(15)21(27)25(18-9-7-17(23)8-10-18)22(24-20)28-14-13-26(3)11-5-4-6-12-26/h7-10H,4-6,11-14H2,1-3H3/q+1. The summed E-state index contributed by atoms with van der Waals surface area (Å²) in [5, 5.41) is 2.17. The molecule has 3 aromatic rings. The third-order valence-corrected chi connectivity index (χ3v) is 8.29. The van der Waals surface area contributed by atoms with Crippen LogP contribution in [0.15, 0.2) is 34.2 Å². The highest BCUT2D eigenvalue weighted by Gasteiger charge is 2.25. The molecule has 1 aromatic carbocycles. The van der Waals surface area contributed by atoms with Crippen LogP contribution in [-0.4, -0.2) is 46.5 Å². The molecule has 0 bridgehead atoms. The predicted molar refractivity (Wildman–Crippen MR) is 125 cm³/mol. The molecule has 0 atom stereocenters. The Morgan fingerprint density at radius 1 is 1.17 bits per heavy atom. The van der Waals surface area contributed by atoms with Crippen LogP contribution in [0, 0.1) is 13.8 Å². The maximum Gasteiger partial charge on any atom is 0.267 e. The number of benzene rings is 1. The molecule has 3 heterocycles. The highest BCUT2D eigenvalue weighted by molar-refractivity contribution is 7.99. The molecule has 0 saturated carbocycles. The largest absolute Gasteiger partial charge is 0.325 e. The lowest BCUT2D eigenvalue weighted by Gasteiger charge is -2.37. The molecule has 0 spiro atoms. The summed E-state index contributed by atoms with van der Waals surface area (Å²) in [4.78, 5) is 20.4. The number of nitrogens with zero attached hydrogens (tertiary/aromatic N) is 3. The number of quaternary nitrogens is 1. The smallest absolute Gasteiger partial charge is 0.267 e. The van der Waals surface area contributed by atoms with Crippen molar-refractivity contribution in [1.82, 2.24) is 9.55 Å². The van der Waals surface area contributed by atoms with E-state index < -0.39 is 0 Å². The molecule has 1 saturated heterocycles. The van der Waals surface area contributed by atoms with Crippen LogP contribution in [0.4, 0.5) is 0 Å². The Balaban J connectivity index is 1.72. The van der Waals surface area contributed by atoms with Crippen molar-refractivity contribution in [2.75, 3.05) is 32.4 Å². The van der Waals surface area contributed by atoms with E-state index in [2.05, 4.69) is 14.0 Å². The lowest BCUT2D eigenvalue weighted by Crippen LogP contribution is -2.49. The Kier molecular flexibility index (Phi) is 6.07. The SMILES string of the molecule is Cc1sc2nc(SCC[N+]3(C)CCCCC3)n(-c3ccc(Cl)cc3)c(=O)c2c1C. The molecule has 2 aromatic heterocycles. The summed E-state index contributed by atoms with van der Waals surface area (Å²) in [6.45, 7) is 7.67. The highest BCUT2D eigenvalue weighted by Crippen LogP contribution is 2.30. The molecule has 1 aliphatic heterocycles. The van der Waals surface area contributed by atoms with Crippen LogP contribution in [0.1, 0.15) is 29.7 Å². The van der Waals surface area contributed by atoms with Gasteiger partial charge in [0.25, 0.3) is 5.56 Å². The van der Waals surface area contributed by atoms with Gasteiger partial charge in [-0.1, -0.05) is 23.4 Å². The van der Waals surface area contributed by atoms with Crippen LogP contribution in [-0.2, 0) is 0 Å². The first-order valence-corrected chi connectivity index (χ1v) is 12.3. The lowest BCUT2D eigenvalue weighted by atomic mass is 10.1. The van der Waals surface area contributed by atoms with E-state index in [1.165, 1.54) is 32.4 Å². The molecular weight excluding hydrogens is 422 g/mol. The van der Waals surface area contributed by atoms with Gasteiger partial charge < -0.3 is 4.48 Å². The second kappa shape index (κ2) is 8.42. The summed E-state index contributed by atoms with van der Waals surface area (Å²) in [6.07, 6.45) is 3.98. The minimum absolute atomic E-state index is 0.0139. The highest BCUT2D eigenvalue weighted by atomic mass is 35.5. The fourth-order valence-electron chi connectivity index (χ4n) is 4.05. The van der Waals surface area contributed by atoms with Crippen molar-refractivity contribution in [3.8, 4) is 5.69 Å². The first-order chi connectivity index (χ1) is 13.9. The van der Waals surface area contributed by atoms with E-state index in [0.717, 1.165) is 48.3 Å². The summed E-state index contributed by atoms with van der Waals surface area (Å²) in [5.74, 6) is 0.950. The number of thioether (sulfide) groups is 1. The van der Waals surface area contributed by atoms with Crippen molar-refractivity contribution in [1.29, 1.82) is 0 Å². The maximum absolute atomic E-state index is 13.5. The Hall–Kier alpha value is -1.34. The van der Waals surface area contributed by atoms with Crippen LogP contribution in [0.25, 0.3) is 15.9 Å². The topological polar surface area (TPSA) is 34.9 Å². The number of thiophene rings is 1. The Labute approximate surface area is 185 Å². The average Bonchev–Trinajstić information content (AvgIpc) is 2.97. The molecule has 0 N–H and O–H groups in total. The van der Waals surface area contributed by atoms with Crippen molar-refractivity contribution < 1.29 is 4.48 Å². The zero-order valence-corrected chi connectivity index (χ0v) is 19.6. The van der Waals surface area contributed by atoms with Gasteiger partial charge in [-0.2, -0.15) is 0 Å². The number of aryl methyl sites for hydroxylation is 2. The average molecular weight is 449 g/mol. The second-order valence-electron chi connectivity index (χ2n) is 8.17. The second-order valence-corrected chi connectivity index (χ2v) is 10.9. The first-order valence-electron chi connectivity index (χ1n) is 10.1. The van der Waals surface area contributed by atoms with Crippen molar-refractivity contribution in [3.63, 3.8) is 0 Å². The van der Waals surface area contributed by atoms with E-state index in [0.29, 0.717) is 5.02 Å². The quantitative estimate of drug-likeness (QED) is 0.296. The van der Waals surface area contributed by atoms with E-state index in [4.69, 9.17) is 16.6 Å². The molecule has 7 heteroatoms. The summed E-state index contributed by atoms with van der Waals surface area (Å²) in [5.41, 5.74) is 1.87. The van der Waals surface area contributed by atoms with E-state index in [-0.39, 0.29) is 5.56 Å². The third-order valence-electron chi connectivity index (χ3n) is 6.02. The predicted octanol–water partition coefficient (Wildman–Crippen LogP) is 5.44. The van der Waals surface area contributed by atoms with Crippen molar-refractivity contribution in [2.45, 2.75) is 38.3 Å². The van der Waals surface area contributed by atoms with Crippen molar-refractivity contribution >= 4 is 44.9 Å². The maximum atomic E-state index is 13.5. The molecule has 4 nitrogen and oxygen atoms in total. The molecule has 0 unspecified atom stereocenters. The zero-order valence-electron chi connectivity index (χ0n) is 17.2. The van der Waals surface area contributed by atoms with E-state index in [1.54, 1.807) is 27.7 Å². The molecule has 1 fully saturated rings. The number of hydrogen-bond acceptors (Lipinski definition) is 4.